The fourth-order valence-corrected chi connectivity index (χ4v) is 1.80. The number of imidazole rings is 1. The van der Waals surface area contributed by atoms with Crippen molar-refractivity contribution >= 4 is 11.0 Å². The van der Waals surface area contributed by atoms with Gasteiger partial charge in [0.15, 0.2) is 0 Å². The Bertz CT molecular complexity index is 505. The van der Waals surface area contributed by atoms with E-state index in [2.05, 4.69) is 47.3 Å². The molecule has 1 aromatic heterocycles. The molecule has 18 heavy (non-hydrogen) atoms. The van der Waals surface area contributed by atoms with Crippen LogP contribution >= 0.6 is 0 Å². The minimum Gasteiger partial charge on any atom is -0.375 e. The fraction of sp³-hybridized carbons (Fsp3) is 0.500. The molecule has 0 saturated carbocycles. The Hall–Kier alpha value is -1.39. The van der Waals surface area contributed by atoms with Gasteiger partial charge >= 0.3 is 0 Å². The summed E-state index contributed by atoms with van der Waals surface area (Å²) in [6, 6.07) is 6.24. The maximum absolute atomic E-state index is 5.57. The molecule has 0 atom stereocenters. The summed E-state index contributed by atoms with van der Waals surface area (Å²) in [5.41, 5.74) is 3.30. The van der Waals surface area contributed by atoms with Crippen LogP contribution in [0.15, 0.2) is 18.2 Å². The molecule has 0 fully saturated rings. The number of aromatic nitrogens is 2. The third-order valence-corrected chi connectivity index (χ3v) is 2.88. The first-order valence-corrected chi connectivity index (χ1v) is 6.41. The highest BCUT2D eigenvalue weighted by atomic mass is 16.5. The summed E-state index contributed by atoms with van der Waals surface area (Å²) in [4.78, 5) is 7.91. The van der Waals surface area contributed by atoms with Crippen LogP contribution in [0.3, 0.4) is 0 Å². The maximum Gasteiger partial charge on any atom is 0.109 e. The SMILES string of the molecule is CNCCOCc1ccc2nc(C(C)C)[nH]c2c1. The lowest BCUT2D eigenvalue weighted by molar-refractivity contribution is 0.124. The zero-order valence-electron chi connectivity index (χ0n) is 11.3. The molecular formula is C14H21N3O. The van der Waals surface area contributed by atoms with Gasteiger partial charge in [-0.05, 0) is 24.7 Å². The Balaban J connectivity index is 2.07. The number of aromatic amines is 1. The molecule has 0 aliphatic rings. The average molecular weight is 247 g/mol. The van der Waals surface area contributed by atoms with E-state index in [9.17, 15) is 0 Å². The van der Waals surface area contributed by atoms with E-state index in [0.29, 0.717) is 12.5 Å². The summed E-state index contributed by atoms with van der Waals surface area (Å²) in [7, 11) is 1.92. The highest BCUT2D eigenvalue weighted by Gasteiger charge is 2.06. The third kappa shape index (κ3) is 3.09. The van der Waals surface area contributed by atoms with Gasteiger partial charge in [0.05, 0.1) is 24.2 Å². The van der Waals surface area contributed by atoms with Crippen LogP contribution in [0.25, 0.3) is 11.0 Å². The fourth-order valence-electron chi connectivity index (χ4n) is 1.80. The predicted molar refractivity (Wildman–Crippen MR) is 73.8 cm³/mol. The van der Waals surface area contributed by atoms with Crippen molar-refractivity contribution < 1.29 is 4.74 Å². The standard InChI is InChI=1S/C14H21N3O/c1-10(2)14-16-12-5-4-11(8-13(12)17-14)9-18-7-6-15-3/h4-5,8,10,15H,6-7,9H2,1-3H3,(H,16,17). The van der Waals surface area contributed by atoms with E-state index in [1.807, 2.05) is 7.05 Å². The molecule has 0 bridgehead atoms. The smallest absolute Gasteiger partial charge is 0.109 e. The van der Waals surface area contributed by atoms with Crippen LogP contribution in [0.4, 0.5) is 0 Å². The number of likely N-dealkylation sites (N-methyl/N-ethyl adjacent to an activating group) is 1. The van der Waals surface area contributed by atoms with Crippen molar-refractivity contribution in [3.63, 3.8) is 0 Å². The topological polar surface area (TPSA) is 49.9 Å². The number of benzene rings is 1. The van der Waals surface area contributed by atoms with Crippen LogP contribution in [-0.2, 0) is 11.3 Å². The van der Waals surface area contributed by atoms with Crippen molar-refractivity contribution in [1.29, 1.82) is 0 Å². The monoisotopic (exact) mass is 247 g/mol. The Morgan fingerprint density at radius 2 is 2.22 bits per heavy atom. The second-order valence-corrected chi connectivity index (χ2v) is 4.78. The van der Waals surface area contributed by atoms with Crippen molar-refractivity contribution in [1.82, 2.24) is 15.3 Å². The molecule has 0 radical (unpaired) electrons. The van der Waals surface area contributed by atoms with Crippen LogP contribution in [0.2, 0.25) is 0 Å². The van der Waals surface area contributed by atoms with Gasteiger partial charge in [0.1, 0.15) is 5.82 Å². The van der Waals surface area contributed by atoms with E-state index in [1.54, 1.807) is 0 Å². The first-order valence-electron chi connectivity index (χ1n) is 6.41. The average Bonchev–Trinajstić information content (AvgIpc) is 2.78. The molecule has 0 aliphatic carbocycles. The number of rotatable bonds is 6. The summed E-state index contributed by atoms with van der Waals surface area (Å²) in [5, 5.41) is 3.06. The molecule has 4 heteroatoms. The van der Waals surface area contributed by atoms with Gasteiger partial charge in [0.2, 0.25) is 0 Å². The molecule has 0 aliphatic heterocycles. The first-order chi connectivity index (χ1) is 8.70. The number of H-pyrrole nitrogens is 1. The van der Waals surface area contributed by atoms with Gasteiger partial charge in [-0.3, -0.25) is 0 Å². The lowest BCUT2D eigenvalue weighted by Gasteiger charge is -2.03. The van der Waals surface area contributed by atoms with Crippen LogP contribution in [0.5, 0.6) is 0 Å². The number of nitrogens with one attached hydrogen (secondary N) is 2. The quantitative estimate of drug-likeness (QED) is 0.771. The van der Waals surface area contributed by atoms with E-state index in [-0.39, 0.29) is 0 Å². The summed E-state index contributed by atoms with van der Waals surface area (Å²) < 4.78 is 5.57. The first kappa shape index (κ1) is 13.1. The molecule has 0 spiro atoms. The highest BCUT2D eigenvalue weighted by molar-refractivity contribution is 5.75. The molecule has 1 heterocycles. The summed E-state index contributed by atoms with van der Waals surface area (Å²) in [6.07, 6.45) is 0. The van der Waals surface area contributed by atoms with Crippen LogP contribution in [0.1, 0.15) is 31.2 Å². The molecule has 2 rings (SSSR count). The molecular weight excluding hydrogens is 226 g/mol. The van der Waals surface area contributed by atoms with Gasteiger partial charge in [-0.2, -0.15) is 0 Å². The van der Waals surface area contributed by atoms with E-state index in [4.69, 9.17) is 4.74 Å². The number of nitrogens with zero attached hydrogens (tertiary/aromatic N) is 1. The number of ether oxygens (including phenoxy) is 1. The zero-order valence-corrected chi connectivity index (χ0v) is 11.3. The van der Waals surface area contributed by atoms with Crippen molar-refractivity contribution in [3.05, 3.63) is 29.6 Å². The summed E-state index contributed by atoms with van der Waals surface area (Å²) in [5.74, 6) is 1.46. The second kappa shape index (κ2) is 5.98. The molecule has 98 valence electrons. The van der Waals surface area contributed by atoms with Crippen LogP contribution in [-0.4, -0.2) is 30.2 Å². The van der Waals surface area contributed by atoms with Gasteiger partial charge in [-0.15, -0.1) is 0 Å². The van der Waals surface area contributed by atoms with Crippen molar-refractivity contribution in [3.8, 4) is 0 Å². The minimum absolute atomic E-state index is 0.424. The number of hydrogen-bond donors (Lipinski definition) is 2. The van der Waals surface area contributed by atoms with Crippen LogP contribution < -0.4 is 5.32 Å². The molecule has 1 aromatic carbocycles. The number of hydrogen-bond acceptors (Lipinski definition) is 3. The molecule has 0 saturated heterocycles. The lowest BCUT2D eigenvalue weighted by atomic mass is 10.2. The molecule has 0 unspecified atom stereocenters. The highest BCUT2D eigenvalue weighted by Crippen LogP contribution is 2.18. The molecule has 2 N–H and O–H groups in total. The molecule has 4 nitrogen and oxygen atoms in total. The van der Waals surface area contributed by atoms with Gasteiger partial charge < -0.3 is 15.0 Å². The van der Waals surface area contributed by atoms with Gasteiger partial charge in [-0.1, -0.05) is 19.9 Å². The van der Waals surface area contributed by atoms with E-state index in [1.165, 1.54) is 5.56 Å². The summed E-state index contributed by atoms with van der Waals surface area (Å²) >= 11 is 0. The number of fused-ring (bicyclic) bond motifs is 1. The zero-order chi connectivity index (χ0) is 13.0. The van der Waals surface area contributed by atoms with Crippen LogP contribution in [0, 0.1) is 0 Å². The largest absolute Gasteiger partial charge is 0.375 e. The van der Waals surface area contributed by atoms with Crippen molar-refractivity contribution in [2.75, 3.05) is 20.2 Å². The van der Waals surface area contributed by atoms with E-state index >= 15 is 0 Å². The van der Waals surface area contributed by atoms with Crippen molar-refractivity contribution in [2.24, 2.45) is 0 Å². The maximum atomic E-state index is 5.57. The molecule has 0 amide bonds. The Morgan fingerprint density at radius 1 is 1.39 bits per heavy atom. The normalized spacial score (nSPS) is 11.6. The Morgan fingerprint density at radius 3 is 2.94 bits per heavy atom. The molecule has 2 aromatic rings. The second-order valence-electron chi connectivity index (χ2n) is 4.78. The van der Waals surface area contributed by atoms with Gasteiger partial charge in [-0.25, -0.2) is 4.98 Å². The van der Waals surface area contributed by atoms with Crippen molar-refractivity contribution in [2.45, 2.75) is 26.4 Å². The minimum atomic E-state index is 0.424. The summed E-state index contributed by atoms with van der Waals surface area (Å²) in [6.45, 7) is 6.53. The Kier molecular flexibility index (Phi) is 4.33. The third-order valence-electron chi connectivity index (χ3n) is 2.88. The lowest BCUT2D eigenvalue weighted by Crippen LogP contribution is -2.13. The van der Waals surface area contributed by atoms with E-state index in [0.717, 1.165) is 30.0 Å². The van der Waals surface area contributed by atoms with Gasteiger partial charge in [0.25, 0.3) is 0 Å². The Labute approximate surface area is 108 Å². The predicted octanol–water partition coefficient (Wildman–Crippen LogP) is 2.42. The van der Waals surface area contributed by atoms with E-state index < -0.39 is 0 Å². The van der Waals surface area contributed by atoms with Gasteiger partial charge in [0, 0.05) is 12.5 Å².